The summed E-state index contributed by atoms with van der Waals surface area (Å²) in [5.41, 5.74) is 2.54. The number of ketones is 1. The molecule has 1 heterocycles. The van der Waals surface area contributed by atoms with Crippen molar-refractivity contribution >= 4 is 18.4 Å². The number of carbonyl (C=O) groups is 1. The molecule has 1 aliphatic heterocycles. The van der Waals surface area contributed by atoms with Crippen LogP contribution in [0.5, 0.6) is 0 Å². The molecule has 0 amide bonds. The first-order valence-corrected chi connectivity index (χ1v) is 8.82. The standard InChI is InChI=1S/C19H25BO3/c1-18(2)19(3,4)23-20(22-18)14-9-10-15-16(11-14)12-5-7-13(8-6-12)17(15)21/h9-13H,5-8H2,1-4H3. The van der Waals surface area contributed by atoms with E-state index in [-0.39, 0.29) is 24.2 Å². The lowest BCUT2D eigenvalue weighted by Gasteiger charge is -2.32. The second-order valence-corrected chi connectivity index (χ2v) is 8.35. The lowest BCUT2D eigenvalue weighted by molar-refractivity contribution is 0.00578. The van der Waals surface area contributed by atoms with Crippen molar-refractivity contribution in [2.75, 3.05) is 0 Å². The van der Waals surface area contributed by atoms with Crippen LogP contribution in [0, 0.1) is 5.92 Å². The van der Waals surface area contributed by atoms with E-state index in [0.29, 0.717) is 11.7 Å². The highest BCUT2D eigenvalue weighted by atomic mass is 16.7. The zero-order chi connectivity index (χ0) is 16.4. The Morgan fingerprint density at radius 2 is 1.52 bits per heavy atom. The van der Waals surface area contributed by atoms with Crippen LogP contribution in [0.3, 0.4) is 0 Å². The molecule has 4 aliphatic rings. The molecule has 23 heavy (non-hydrogen) atoms. The molecule has 1 saturated heterocycles. The van der Waals surface area contributed by atoms with E-state index in [1.54, 1.807) is 0 Å². The zero-order valence-electron chi connectivity index (χ0n) is 14.5. The molecule has 1 aromatic carbocycles. The average molecular weight is 312 g/mol. The summed E-state index contributed by atoms with van der Waals surface area (Å²) < 4.78 is 12.3. The number of fused-ring (bicyclic) bond motifs is 2. The smallest absolute Gasteiger partial charge is 0.399 e. The number of carbonyl (C=O) groups excluding carboxylic acids is 1. The van der Waals surface area contributed by atoms with Gasteiger partial charge in [0.05, 0.1) is 11.2 Å². The second kappa shape index (κ2) is 4.94. The molecule has 5 rings (SSSR count). The summed E-state index contributed by atoms with van der Waals surface area (Å²) >= 11 is 0. The molecule has 2 fully saturated rings. The molecule has 3 aliphatic carbocycles. The number of Topliss-reactive ketones (excluding diaryl/α,β-unsaturated/α-hetero) is 1. The van der Waals surface area contributed by atoms with Gasteiger partial charge in [0.15, 0.2) is 5.78 Å². The van der Waals surface area contributed by atoms with Crippen LogP contribution in [0.25, 0.3) is 0 Å². The Morgan fingerprint density at radius 1 is 0.957 bits per heavy atom. The summed E-state index contributed by atoms with van der Waals surface area (Å²) in [6.07, 6.45) is 4.36. The van der Waals surface area contributed by atoms with E-state index in [0.717, 1.165) is 36.7 Å². The monoisotopic (exact) mass is 312 g/mol. The lowest BCUT2D eigenvalue weighted by atomic mass is 9.75. The molecule has 3 nitrogen and oxygen atoms in total. The predicted molar refractivity (Wildman–Crippen MR) is 91.2 cm³/mol. The normalized spacial score (nSPS) is 31.1. The maximum Gasteiger partial charge on any atom is 0.494 e. The van der Waals surface area contributed by atoms with Crippen LogP contribution >= 0.6 is 0 Å². The molecule has 2 bridgehead atoms. The van der Waals surface area contributed by atoms with Crippen LogP contribution in [-0.2, 0) is 9.31 Å². The van der Waals surface area contributed by atoms with Crippen molar-refractivity contribution in [3.63, 3.8) is 0 Å². The van der Waals surface area contributed by atoms with Crippen molar-refractivity contribution in [2.24, 2.45) is 5.92 Å². The van der Waals surface area contributed by atoms with E-state index in [9.17, 15) is 4.79 Å². The molecular formula is C19H25BO3. The molecular weight excluding hydrogens is 287 g/mol. The van der Waals surface area contributed by atoms with Crippen molar-refractivity contribution in [1.29, 1.82) is 0 Å². The molecule has 0 atom stereocenters. The van der Waals surface area contributed by atoms with Crippen LogP contribution in [0.15, 0.2) is 18.2 Å². The van der Waals surface area contributed by atoms with E-state index in [4.69, 9.17) is 9.31 Å². The minimum absolute atomic E-state index is 0.246. The summed E-state index contributed by atoms with van der Waals surface area (Å²) in [4.78, 5) is 12.7. The fraction of sp³-hybridized carbons (Fsp3) is 0.632. The summed E-state index contributed by atoms with van der Waals surface area (Å²) in [6.45, 7) is 8.28. The number of hydrogen-bond acceptors (Lipinski definition) is 3. The van der Waals surface area contributed by atoms with Crippen molar-refractivity contribution in [3.05, 3.63) is 29.3 Å². The van der Waals surface area contributed by atoms with Gasteiger partial charge < -0.3 is 9.31 Å². The Balaban J connectivity index is 1.71. The molecule has 122 valence electrons. The van der Waals surface area contributed by atoms with E-state index >= 15 is 0 Å². The van der Waals surface area contributed by atoms with Crippen LogP contribution < -0.4 is 5.46 Å². The highest BCUT2D eigenvalue weighted by molar-refractivity contribution is 6.62. The van der Waals surface area contributed by atoms with Crippen molar-refractivity contribution in [2.45, 2.75) is 70.5 Å². The lowest BCUT2D eigenvalue weighted by Crippen LogP contribution is -2.41. The summed E-state index contributed by atoms with van der Waals surface area (Å²) in [6, 6.07) is 6.20. The molecule has 0 aromatic heterocycles. The van der Waals surface area contributed by atoms with Crippen molar-refractivity contribution < 1.29 is 14.1 Å². The third-order valence-corrected chi connectivity index (χ3v) is 6.40. The van der Waals surface area contributed by atoms with Crippen molar-refractivity contribution in [1.82, 2.24) is 0 Å². The minimum Gasteiger partial charge on any atom is -0.399 e. The van der Waals surface area contributed by atoms with Crippen LogP contribution in [0.4, 0.5) is 0 Å². The molecule has 0 N–H and O–H groups in total. The minimum atomic E-state index is -0.346. The van der Waals surface area contributed by atoms with E-state index < -0.39 is 0 Å². The first kappa shape index (κ1) is 15.4. The van der Waals surface area contributed by atoms with Gasteiger partial charge in [-0.15, -0.1) is 0 Å². The van der Waals surface area contributed by atoms with Crippen LogP contribution in [0.2, 0.25) is 0 Å². The van der Waals surface area contributed by atoms with Gasteiger partial charge in [0.25, 0.3) is 0 Å². The van der Waals surface area contributed by atoms with Crippen LogP contribution in [-0.4, -0.2) is 24.1 Å². The predicted octanol–water partition coefficient (Wildman–Crippen LogP) is 3.46. The number of benzene rings is 1. The second-order valence-electron chi connectivity index (χ2n) is 8.35. The molecule has 1 saturated carbocycles. The van der Waals surface area contributed by atoms with Gasteiger partial charge in [0.2, 0.25) is 0 Å². The maximum absolute atomic E-state index is 12.7. The molecule has 0 radical (unpaired) electrons. The van der Waals surface area contributed by atoms with Gasteiger partial charge >= 0.3 is 7.12 Å². The van der Waals surface area contributed by atoms with Gasteiger partial charge in [0.1, 0.15) is 0 Å². The zero-order valence-corrected chi connectivity index (χ0v) is 14.5. The first-order valence-electron chi connectivity index (χ1n) is 8.82. The molecule has 0 unspecified atom stereocenters. The summed E-state index contributed by atoms with van der Waals surface area (Å²) in [5.74, 6) is 1.12. The fourth-order valence-electron chi connectivity index (χ4n) is 4.16. The van der Waals surface area contributed by atoms with E-state index in [1.807, 2.05) is 12.1 Å². The van der Waals surface area contributed by atoms with Gasteiger partial charge in [-0.2, -0.15) is 0 Å². The SMILES string of the molecule is CC1(C)OB(c2ccc3c(c2)C2CCC(CC2)C3=O)OC1(C)C. The maximum atomic E-state index is 12.7. The Kier molecular flexibility index (Phi) is 3.31. The Morgan fingerprint density at radius 3 is 2.13 bits per heavy atom. The van der Waals surface area contributed by atoms with Gasteiger partial charge in [0, 0.05) is 11.5 Å². The van der Waals surface area contributed by atoms with E-state index in [2.05, 4.69) is 33.8 Å². The van der Waals surface area contributed by atoms with Gasteiger partial charge in [-0.05, 0) is 70.3 Å². The quantitative estimate of drug-likeness (QED) is 0.745. The molecule has 0 spiro atoms. The Labute approximate surface area is 138 Å². The van der Waals surface area contributed by atoms with Crippen molar-refractivity contribution in [3.8, 4) is 0 Å². The average Bonchev–Trinajstić information content (AvgIpc) is 2.62. The summed E-state index contributed by atoms with van der Waals surface area (Å²) in [5, 5.41) is 0. The van der Waals surface area contributed by atoms with Gasteiger partial charge in [-0.3, -0.25) is 4.79 Å². The Hall–Kier alpha value is -1.13. The first-order chi connectivity index (χ1) is 10.8. The fourth-order valence-corrected chi connectivity index (χ4v) is 4.16. The summed E-state index contributed by atoms with van der Waals surface area (Å²) in [7, 11) is -0.346. The largest absolute Gasteiger partial charge is 0.494 e. The molecule has 4 heteroatoms. The van der Waals surface area contributed by atoms with Crippen LogP contribution in [0.1, 0.15) is 75.2 Å². The number of rotatable bonds is 1. The third kappa shape index (κ3) is 2.30. The highest BCUT2D eigenvalue weighted by Crippen LogP contribution is 2.43. The Bertz CT molecular complexity index is 641. The van der Waals surface area contributed by atoms with Gasteiger partial charge in [-0.25, -0.2) is 0 Å². The molecule has 1 aromatic rings. The topological polar surface area (TPSA) is 35.5 Å². The highest BCUT2D eigenvalue weighted by Gasteiger charge is 2.52. The third-order valence-electron chi connectivity index (χ3n) is 6.40. The van der Waals surface area contributed by atoms with E-state index in [1.165, 1.54) is 5.56 Å². The number of hydrogen-bond donors (Lipinski definition) is 0. The van der Waals surface area contributed by atoms with Gasteiger partial charge in [-0.1, -0.05) is 18.2 Å².